The van der Waals surface area contributed by atoms with Gasteiger partial charge in [-0.15, -0.1) is 0 Å². The van der Waals surface area contributed by atoms with Crippen molar-refractivity contribution in [2.45, 2.75) is 0 Å². The van der Waals surface area contributed by atoms with E-state index in [0.717, 1.165) is 22.8 Å². The second-order valence-corrected chi connectivity index (χ2v) is 3.27. The third kappa shape index (κ3) is 1.38. The highest BCUT2D eigenvalue weighted by molar-refractivity contribution is 6.06. The molecule has 0 atom stereocenters. The van der Waals surface area contributed by atoms with Crippen LogP contribution in [0.2, 0.25) is 0 Å². The molecule has 2 aromatic rings. The van der Waals surface area contributed by atoms with Crippen LogP contribution in [-0.2, 0) is 0 Å². The molecule has 1 aromatic carbocycles. The summed E-state index contributed by atoms with van der Waals surface area (Å²) in [6.45, 7) is 0. The lowest BCUT2D eigenvalue weighted by atomic mass is 10.2. The van der Waals surface area contributed by atoms with Gasteiger partial charge in [0.05, 0.1) is 11.4 Å². The molecule has 1 aromatic heterocycles. The largest absolute Gasteiger partial charge is 0.265 e. The van der Waals surface area contributed by atoms with Gasteiger partial charge in [-0.1, -0.05) is 12.1 Å². The van der Waals surface area contributed by atoms with Crippen LogP contribution in [0, 0.1) is 0 Å². The molecule has 0 saturated carbocycles. The number of rotatable bonds is 1. The molecule has 0 aliphatic carbocycles. The molecule has 1 aliphatic heterocycles. The Balaban J connectivity index is 2.02. The Kier molecular flexibility index (Phi) is 1.75. The molecule has 3 rings (SSSR count). The summed E-state index contributed by atoms with van der Waals surface area (Å²) >= 11 is 0. The average molecular weight is 194 g/mol. The summed E-state index contributed by atoms with van der Waals surface area (Å²) in [5.41, 5.74) is 2.87. The molecule has 0 N–H and O–H groups in total. The lowest BCUT2D eigenvalue weighted by Crippen LogP contribution is -2.07. The zero-order valence-electron chi connectivity index (χ0n) is 7.96. The molecular weight excluding hydrogens is 186 g/mol. The molecule has 0 amide bonds. The van der Waals surface area contributed by atoms with E-state index in [-0.39, 0.29) is 0 Å². The van der Waals surface area contributed by atoms with Crippen molar-refractivity contribution < 1.29 is 0 Å². The van der Waals surface area contributed by atoms with Crippen LogP contribution >= 0.6 is 0 Å². The Labute approximate surface area is 87.5 Å². The highest BCUT2D eigenvalue weighted by Gasteiger charge is 2.15. The van der Waals surface area contributed by atoms with Crippen LogP contribution in [0.5, 0.6) is 0 Å². The molecule has 0 bridgehead atoms. The van der Waals surface area contributed by atoms with Crippen molar-refractivity contribution >= 4 is 17.2 Å². The van der Waals surface area contributed by atoms with Crippen molar-refractivity contribution in [3.63, 3.8) is 0 Å². The Morgan fingerprint density at radius 2 is 1.53 bits per heavy atom. The van der Waals surface area contributed by atoms with Gasteiger partial charge in [-0.05, 0) is 24.3 Å². The second kappa shape index (κ2) is 3.20. The number of hydrogen-bond donors (Lipinski definition) is 0. The maximum absolute atomic E-state index is 4.44. The van der Waals surface area contributed by atoms with Crippen LogP contribution in [0.3, 0.4) is 0 Å². The Morgan fingerprint density at radius 3 is 2.27 bits per heavy atom. The summed E-state index contributed by atoms with van der Waals surface area (Å²) in [6.07, 6.45) is 3.49. The van der Waals surface area contributed by atoms with Gasteiger partial charge in [0.25, 0.3) is 0 Å². The maximum Gasteiger partial charge on any atom is 0.160 e. The summed E-state index contributed by atoms with van der Waals surface area (Å²) in [5, 5.41) is 4.44. The van der Waals surface area contributed by atoms with Crippen molar-refractivity contribution in [3.8, 4) is 0 Å². The van der Waals surface area contributed by atoms with Crippen molar-refractivity contribution in [2.75, 3.05) is 0 Å². The summed E-state index contributed by atoms with van der Waals surface area (Å²) < 4.78 is 0. The van der Waals surface area contributed by atoms with Crippen LogP contribution in [0.4, 0.5) is 11.4 Å². The summed E-state index contributed by atoms with van der Waals surface area (Å²) in [4.78, 5) is 8.41. The molecule has 3 nitrogen and oxygen atoms in total. The normalized spacial score (nSPS) is 12.9. The molecule has 0 fully saturated rings. The van der Waals surface area contributed by atoms with E-state index >= 15 is 0 Å². The van der Waals surface area contributed by atoms with Gasteiger partial charge in [0.15, 0.2) is 5.84 Å². The number of aliphatic imine (C=N–C) groups is 1. The predicted molar refractivity (Wildman–Crippen MR) is 58.7 cm³/mol. The lowest BCUT2D eigenvalue weighted by Gasteiger charge is -1.98. The molecule has 0 unspecified atom stereocenters. The van der Waals surface area contributed by atoms with E-state index in [1.54, 1.807) is 12.4 Å². The molecule has 71 valence electrons. The van der Waals surface area contributed by atoms with Gasteiger partial charge in [-0.2, -0.15) is 0 Å². The van der Waals surface area contributed by atoms with E-state index in [0.29, 0.717) is 0 Å². The molecular formula is C12H8N3. The Bertz CT molecular complexity index is 517. The van der Waals surface area contributed by atoms with E-state index in [2.05, 4.69) is 15.3 Å². The van der Waals surface area contributed by atoms with E-state index in [1.165, 1.54) is 0 Å². The van der Waals surface area contributed by atoms with Crippen molar-refractivity contribution in [1.29, 1.82) is 0 Å². The molecule has 3 heteroatoms. The fraction of sp³-hybridized carbons (Fsp3) is 0. The zero-order chi connectivity index (χ0) is 10.1. The minimum absolute atomic E-state index is 0.763. The molecule has 1 aliphatic rings. The fourth-order valence-corrected chi connectivity index (χ4v) is 1.54. The number of hydrogen-bond acceptors (Lipinski definition) is 2. The van der Waals surface area contributed by atoms with Gasteiger partial charge in [-0.3, -0.25) is 4.98 Å². The quantitative estimate of drug-likeness (QED) is 0.687. The summed E-state index contributed by atoms with van der Waals surface area (Å²) in [5.74, 6) is 0.763. The molecule has 2 heterocycles. The summed E-state index contributed by atoms with van der Waals surface area (Å²) in [6, 6.07) is 11.7. The number of nitrogens with zero attached hydrogens (tertiary/aromatic N) is 3. The SMILES string of the molecule is c1ccc2c(c1)[N]C(c1ccncc1)=N2. The molecule has 1 radical (unpaired) electrons. The van der Waals surface area contributed by atoms with Gasteiger partial charge in [0, 0.05) is 18.0 Å². The minimum atomic E-state index is 0.763. The van der Waals surface area contributed by atoms with E-state index in [9.17, 15) is 0 Å². The number of fused-ring (bicyclic) bond motifs is 1. The van der Waals surface area contributed by atoms with Gasteiger partial charge < -0.3 is 0 Å². The monoisotopic (exact) mass is 194 g/mol. The Morgan fingerprint density at radius 1 is 0.800 bits per heavy atom. The van der Waals surface area contributed by atoms with E-state index < -0.39 is 0 Å². The third-order valence-corrected chi connectivity index (χ3v) is 2.27. The van der Waals surface area contributed by atoms with E-state index in [4.69, 9.17) is 0 Å². The number of amidine groups is 1. The standard InChI is InChI=1S/C12H8N3/c1-2-4-11-10(3-1)14-12(15-11)9-5-7-13-8-6-9/h1-8H. The molecule has 0 saturated heterocycles. The van der Waals surface area contributed by atoms with Crippen LogP contribution in [0.15, 0.2) is 53.8 Å². The molecule has 15 heavy (non-hydrogen) atoms. The topological polar surface area (TPSA) is 39.4 Å². The van der Waals surface area contributed by atoms with Gasteiger partial charge in [-0.25, -0.2) is 10.3 Å². The van der Waals surface area contributed by atoms with Crippen LogP contribution in [-0.4, -0.2) is 10.8 Å². The summed E-state index contributed by atoms with van der Waals surface area (Å²) in [7, 11) is 0. The second-order valence-electron chi connectivity index (χ2n) is 3.27. The minimum Gasteiger partial charge on any atom is -0.265 e. The predicted octanol–water partition coefficient (Wildman–Crippen LogP) is 2.41. The maximum atomic E-state index is 4.44. The molecule has 0 spiro atoms. The first-order valence-corrected chi connectivity index (χ1v) is 4.73. The number of aromatic nitrogens is 1. The Hall–Kier alpha value is -2.16. The first-order valence-electron chi connectivity index (χ1n) is 4.73. The number of pyridine rings is 1. The smallest absolute Gasteiger partial charge is 0.160 e. The van der Waals surface area contributed by atoms with Crippen molar-refractivity contribution in [1.82, 2.24) is 10.3 Å². The fourth-order valence-electron chi connectivity index (χ4n) is 1.54. The van der Waals surface area contributed by atoms with Crippen LogP contribution in [0.1, 0.15) is 5.56 Å². The first-order chi connectivity index (χ1) is 7.43. The first kappa shape index (κ1) is 8.17. The average Bonchev–Trinajstić information content (AvgIpc) is 2.74. The van der Waals surface area contributed by atoms with E-state index in [1.807, 2.05) is 36.4 Å². The van der Waals surface area contributed by atoms with Crippen molar-refractivity contribution in [3.05, 3.63) is 54.4 Å². The number of para-hydroxylation sites is 2. The zero-order valence-corrected chi connectivity index (χ0v) is 7.96. The van der Waals surface area contributed by atoms with Crippen LogP contribution in [0.25, 0.3) is 0 Å². The van der Waals surface area contributed by atoms with Crippen LogP contribution < -0.4 is 5.32 Å². The van der Waals surface area contributed by atoms with Gasteiger partial charge in [0.1, 0.15) is 0 Å². The van der Waals surface area contributed by atoms with Crippen molar-refractivity contribution in [2.24, 2.45) is 4.99 Å². The highest BCUT2D eigenvalue weighted by atomic mass is 15.1. The van der Waals surface area contributed by atoms with Gasteiger partial charge >= 0.3 is 0 Å². The van der Waals surface area contributed by atoms with Gasteiger partial charge in [0.2, 0.25) is 0 Å². The third-order valence-electron chi connectivity index (χ3n) is 2.27. The lowest BCUT2D eigenvalue weighted by molar-refractivity contribution is 1.27. The number of benzene rings is 1. The highest BCUT2D eigenvalue weighted by Crippen LogP contribution is 2.30.